The monoisotopic (exact) mass is 387 g/mol. The van der Waals surface area contributed by atoms with Crippen molar-refractivity contribution in [2.45, 2.75) is 69.5 Å². The Morgan fingerprint density at radius 1 is 1.11 bits per heavy atom. The summed E-state index contributed by atoms with van der Waals surface area (Å²) in [4.78, 5) is 10.5. The molecule has 4 bridgehead atoms. The van der Waals surface area contributed by atoms with Crippen molar-refractivity contribution in [2.75, 3.05) is 32.8 Å². The van der Waals surface area contributed by atoms with Gasteiger partial charge in [0.25, 0.3) is 0 Å². The number of nitrogens with zero attached hydrogens (tertiary/aromatic N) is 3. The molecule has 0 spiro atoms. The topological polar surface area (TPSA) is 28.6 Å². The molecule has 0 N–H and O–H groups in total. The van der Waals surface area contributed by atoms with Gasteiger partial charge in [-0.05, 0) is 63.2 Å². The van der Waals surface area contributed by atoms with Gasteiger partial charge in [0.15, 0.2) is 0 Å². The lowest BCUT2D eigenvalue weighted by molar-refractivity contribution is -0.0767. The Labute approximate surface area is 167 Å². The van der Waals surface area contributed by atoms with Crippen molar-refractivity contribution in [2.24, 2.45) is 17.8 Å². The first-order valence-electron chi connectivity index (χ1n) is 11.2. The first-order valence-corrected chi connectivity index (χ1v) is 12.1. The van der Waals surface area contributed by atoms with E-state index in [1.54, 1.807) is 0 Å². The molecule has 27 heavy (non-hydrogen) atoms. The van der Waals surface area contributed by atoms with Crippen molar-refractivity contribution in [1.29, 1.82) is 0 Å². The number of morpholine rings is 1. The smallest absolute Gasteiger partial charge is 0.0991 e. The molecule has 6 aliphatic rings. The van der Waals surface area contributed by atoms with E-state index in [1.807, 2.05) is 11.3 Å². The zero-order chi connectivity index (χ0) is 18.0. The summed E-state index contributed by atoms with van der Waals surface area (Å²) < 4.78 is 5.81. The van der Waals surface area contributed by atoms with Gasteiger partial charge in [0.05, 0.1) is 23.9 Å². The minimum absolute atomic E-state index is 0.461. The van der Waals surface area contributed by atoms with E-state index in [4.69, 9.17) is 9.72 Å². The predicted molar refractivity (Wildman–Crippen MR) is 108 cm³/mol. The van der Waals surface area contributed by atoms with Gasteiger partial charge in [0.1, 0.15) is 0 Å². The third-order valence-electron chi connectivity index (χ3n) is 8.28. The van der Waals surface area contributed by atoms with E-state index in [2.05, 4.69) is 22.1 Å². The van der Waals surface area contributed by atoms with Gasteiger partial charge in [-0.1, -0.05) is 0 Å². The molecular weight excluding hydrogens is 354 g/mol. The zero-order valence-electron chi connectivity index (χ0n) is 16.6. The molecule has 5 heteroatoms. The van der Waals surface area contributed by atoms with Crippen LogP contribution in [0.15, 0.2) is 5.38 Å². The van der Waals surface area contributed by atoms with Crippen molar-refractivity contribution >= 4 is 11.3 Å². The van der Waals surface area contributed by atoms with Gasteiger partial charge in [0.2, 0.25) is 0 Å². The number of fused-ring (bicyclic) bond motifs is 1. The Hall–Kier alpha value is -0.490. The molecular formula is C22H33N3OS. The third-order valence-corrected chi connectivity index (χ3v) is 9.41. The summed E-state index contributed by atoms with van der Waals surface area (Å²) in [6.45, 7) is 8.62. The lowest BCUT2D eigenvalue weighted by atomic mass is 9.50. The minimum atomic E-state index is 0.461. The fraction of sp³-hybridized carbons (Fsp3) is 0.864. The maximum absolute atomic E-state index is 5.81. The number of ether oxygens (including phenoxy) is 1. The van der Waals surface area contributed by atoms with E-state index >= 15 is 0 Å². The average Bonchev–Trinajstić information content (AvgIpc) is 3.10. The molecule has 2 atom stereocenters. The lowest BCUT2D eigenvalue weighted by Crippen LogP contribution is -2.60. The Balaban J connectivity index is 1.15. The van der Waals surface area contributed by atoms with Crippen LogP contribution in [0.4, 0.5) is 0 Å². The van der Waals surface area contributed by atoms with Gasteiger partial charge in [-0.25, -0.2) is 4.98 Å². The number of aromatic nitrogens is 1. The highest BCUT2D eigenvalue weighted by atomic mass is 32.1. The second kappa shape index (κ2) is 6.51. The van der Waals surface area contributed by atoms with E-state index in [0.717, 1.165) is 44.1 Å². The number of hydrogen-bond donors (Lipinski definition) is 0. The molecule has 1 aromatic heterocycles. The Bertz CT molecular complexity index is 668. The maximum Gasteiger partial charge on any atom is 0.0991 e. The van der Waals surface area contributed by atoms with Crippen LogP contribution in [-0.4, -0.2) is 59.7 Å². The number of piperazine rings is 1. The summed E-state index contributed by atoms with van der Waals surface area (Å²) in [6.07, 6.45) is 8.85. The van der Waals surface area contributed by atoms with Gasteiger partial charge in [-0.15, -0.1) is 11.3 Å². The highest BCUT2D eigenvalue weighted by molar-refractivity contribution is 7.09. The molecule has 4 nitrogen and oxygen atoms in total. The van der Waals surface area contributed by atoms with Gasteiger partial charge < -0.3 is 4.74 Å². The Morgan fingerprint density at radius 3 is 2.59 bits per heavy atom. The molecule has 0 aromatic carbocycles. The molecule has 1 aromatic rings. The van der Waals surface area contributed by atoms with Crippen molar-refractivity contribution < 1.29 is 4.74 Å². The number of hydrogen-bond acceptors (Lipinski definition) is 5. The van der Waals surface area contributed by atoms with Crippen LogP contribution in [0.25, 0.3) is 0 Å². The fourth-order valence-electron chi connectivity index (χ4n) is 7.50. The predicted octanol–water partition coefficient (Wildman–Crippen LogP) is 3.52. The Morgan fingerprint density at radius 2 is 1.85 bits per heavy atom. The van der Waals surface area contributed by atoms with Gasteiger partial charge in [-0.2, -0.15) is 0 Å². The van der Waals surface area contributed by atoms with Crippen LogP contribution in [0, 0.1) is 17.8 Å². The summed E-state index contributed by atoms with van der Waals surface area (Å²) in [5, 5.41) is 3.87. The molecule has 2 aliphatic heterocycles. The van der Waals surface area contributed by atoms with Crippen LogP contribution >= 0.6 is 11.3 Å². The SMILES string of the molecule is C[C@H]1COC[C@H]2CN(Cc3csc(C45CC6CC(CC(C6)C4)C5)n3)CCN21. The average molecular weight is 388 g/mol. The zero-order valence-corrected chi connectivity index (χ0v) is 17.4. The lowest BCUT2D eigenvalue weighted by Gasteiger charge is -2.56. The molecule has 148 valence electrons. The summed E-state index contributed by atoms with van der Waals surface area (Å²) in [6, 6.07) is 1.15. The summed E-state index contributed by atoms with van der Waals surface area (Å²) in [7, 11) is 0. The molecule has 0 amide bonds. The van der Waals surface area contributed by atoms with Crippen LogP contribution in [0.2, 0.25) is 0 Å². The van der Waals surface area contributed by atoms with E-state index in [-0.39, 0.29) is 0 Å². The molecule has 4 aliphatic carbocycles. The van der Waals surface area contributed by atoms with Crippen LogP contribution in [0.5, 0.6) is 0 Å². The highest BCUT2D eigenvalue weighted by Crippen LogP contribution is 2.61. The second-order valence-electron chi connectivity index (χ2n) is 10.4. The van der Waals surface area contributed by atoms with Crippen LogP contribution < -0.4 is 0 Å². The number of thiazole rings is 1. The molecule has 0 radical (unpaired) electrons. The normalized spacial score (nSPS) is 44.6. The highest BCUT2D eigenvalue weighted by Gasteiger charge is 2.53. The van der Waals surface area contributed by atoms with E-state index in [1.165, 1.54) is 62.3 Å². The van der Waals surface area contributed by atoms with Crippen LogP contribution in [0.1, 0.15) is 56.2 Å². The first kappa shape index (κ1) is 17.4. The first-order chi connectivity index (χ1) is 13.2. The second-order valence-corrected chi connectivity index (χ2v) is 11.2. The number of rotatable bonds is 3. The third kappa shape index (κ3) is 3.00. The largest absolute Gasteiger partial charge is 0.378 e. The molecule has 0 unspecified atom stereocenters. The van der Waals surface area contributed by atoms with E-state index in [9.17, 15) is 0 Å². The quantitative estimate of drug-likeness (QED) is 0.793. The van der Waals surface area contributed by atoms with Gasteiger partial charge >= 0.3 is 0 Å². The summed E-state index contributed by atoms with van der Waals surface area (Å²) >= 11 is 1.98. The molecule has 2 saturated heterocycles. The fourth-order valence-corrected chi connectivity index (χ4v) is 8.55. The maximum atomic E-state index is 5.81. The minimum Gasteiger partial charge on any atom is -0.378 e. The Kier molecular flexibility index (Phi) is 4.19. The van der Waals surface area contributed by atoms with Crippen molar-refractivity contribution in [3.63, 3.8) is 0 Å². The van der Waals surface area contributed by atoms with Crippen molar-refractivity contribution in [1.82, 2.24) is 14.8 Å². The summed E-state index contributed by atoms with van der Waals surface area (Å²) in [5.41, 5.74) is 1.78. The van der Waals surface area contributed by atoms with Crippen molar-refractivity contribution in [3.8, 4) is 0 Å². The summed E-state index contributed by atoms with van der Waals surface area (Å²) in [5.74, 6) is 3.01. The van der Waals surface area contributed by atoms with E-state index < -0.39 is 0 Å². The van der Waals surface area contributed by atoms with Crippen molar-refractivity contribution in [3.05, 3.63) is 16.1 Å². The van der Waals surface area contributed by atoms with Crippen LogP contribution in [0.3, 0.4) is 0 Å². The van der Waals surface area contributed by atoms with Gasteiger partial charge in [0, 0.05) is 49.1 Å². The standard InChI is InChI=1S/C22H33N3OS/c1-15-12-26-13-20-11-24(2-3-25(15)20)10-19-14-27-21(23-19)22-7-16-4-17(8-22)6-18(5-16)9-22/h14-18,20H,2-13H2,1H3/t15-,16?,17?,18?,20+,22?/m0/s1. The molecule has 7 rings (SSSR count). The molecule has 6 fully saturated rings. The molecule has 4 saturated carbocycles. The van der Waals surface area contributed by atoms with Gasteiger partial charge in [-0.3, -0.25) is 9.80 Å². The van der Waals surface area contributed by atoms with Crippen LogP contribution in [-0.2, 0) is 16.7 Å². The molecule has 3 heterocycles. The van der Waals surface area contributed by atoms with E-state index in [0.29, 0.717) is 17.5 Å².